The van der Waals surface area contributed by atoms with Crippen molar-refractivity contribution in [2.24, 2.45) is 0 Å². The minimum absolute atomic E-state index is 0.195. The van der Waals surface area contributed by atoms with Crippen LogP contribution in [0.1, 0.15) is 35.4 Å². The number of amides is 1. The zero-order chi connectivity index (χ0) is 16.9. The van der Waals surface area contributed by atoms with E-state index in [-0.39, 0.29) is 17.8 Å². The number of nitrogens with one attached hydrogen (secondary N) is 2. The molecule has 5 nitrogen and oxygen atoms in total. The minimum Gasteiger partial charge on any atom is -0.344 e. The molecule has 0 unspecified atom stereocenters. The number of nitrogens with zero attached hydrogens (tertiary/aromatic N) is 2. The molecule has 0 aliphatic rings. The molecule has 0 spiro atoms. The Morgan fingerprint density at radius 3 is 2.67 bits per heavy atom. The lowest BCUT2D eigenvalue weighted by Gasteiger charge is -2.16. The SMILES string of the molecule is CC[C@@H](NC(=O)c1cc(-c2ccccn2)n[nH]1)c1ccc(F)cc1. The van der Waals surface area contributed by atoms with Gasteiger partial charge in [0, 0.05) is 6.20 Å². The maximum atomic E-state index is 13.0. The molecule has 6 heteroatoms. The first-order chi connectivity index (χ1) is 11.7. The van der Waals surface area contributed by atoms with Crippen LogP contribution < -0.4 is 5.32 Å². The van der Waals surface area contributed by atoms with Crippen LogP contribution in [0.4, 0.5) is 4.39 Å². The number of carbonyl (C=O) groups is 1. The van der Waals surface area contributed by atoms with Crippen LogP contribution in [-0.2, 0) is 0 Å². The van der Waals surface area contributed by atoms with E-state index in [0.717, 1.165) is 5.56 Å². The van der Waals surface area contributed by atoms with Crippen molar-refractivity contribution >= 4 is 5.91 Å². The van der Waals surface area contributed by atoms with E-state index in [0.29, 0.717) is 23.5 Å². The molecule has 24 heavy (non-hydrogen) atoms. The van der Waals surface area contributed by atoms with Gasteiger partial charge in [-0.1, -0.05) is 25.1 Å². The normalized spacial score (nSPS) is 11.9. The molecule has 0 fully saturated rings. The van der Waals surface area contributed by atoms with Crippen LogP contribution in [0, 0.1) is 5.82 Å². The van der Waals surface area contributed by atoms with Crippen LogP contribution >= 0.6 is 0 Å². The van der Waals surface area contributed by atoms with E-state index in [1.165, 1.54) is 12.1 Å². The molecule has 0 bridgehead atoms. The van der Waals surface area contributed by atoms with E-state index in [1.54, 1.807) is 24.4 Å². The van der Waals surface area contributed by atoms with Crippen LogP contribution in [0.2, 0.25) is 0 Å². The van der Waals surface area contributed by atoms with Crippen molar-refractivity contribution in [3.05, 3.63) is 71.8 Å². The van der Waals surface area contributed by atoms with Crippen molar-refractivity contribution in [3.63, 3.8) is 0 Å². The van der Waals surface area contributed by atoms with Crippen molar-refractivity contribution < 1.29 is 9.18 Å². The Morgan fingerprint density at radius 2 is 2.00 bits per heavy atom. The number of hydrogen-bond acceptors (Lipinski definition) is 3. The summed E-state index contributed by atoms with van der Waals surface area (Å²) in [6, 6.07) is 13.1. The van der Waals surface area contributed by atoms with Crippen molar-refractivity contribution in [1.29, 1.82) is 0 Å². The van der Waals surface area contributed by atoms with Crippen LogP contribution in [0.5, 0.6) is 0 Å². The fourth-order valence-electron chi connectivity index (χ4n) is 2.44. The number of pyridine rings is 1. The highest BCUT2D eigenvalue weighted by atomic mass is 19.1. The number of H-pyrrole nitrogens is 1. The van der Waals surface area contributed by atoms with E-state index < -0.39 is 0 Å². The van der Waals surface area contributed by atoms with Crippen LogP contribution in [0.25, 0.3) is 11.4 Å². The van der Waals surface area contributed by atoms with Crippen LogP contribution in [-0.4, -0.2) is 21.1 Å². The number of aromatic nitrogens is 3. The lowest BCUT2D eigenvalue weighted by Crippen LogP contribution is -2.28. The zero-order valence-electron chi connectivity index (χ0n) is 13.2. The van der Waals surface area contributed by atoms with E-state index >= 15 is 0 Å². The molecule has 0 aliphatic carbocycles. The Morgan fingerprint density at radius 1 is 1.21 bits per heavy atom. The molecule has 0 saturated heterocycles. The van der Waals surface area contributed by atoms with Gasteiger partial charge in [-0.05, 0) is 42.3 Å². The number of carbonyl (C=O) groups excluding carboxylic acids is 1. The number of benzene rings is 1. The molecule has 3 rings (SSSR count). The Bertz CT molecular complexity index is 815. The lowest BCUT2D eigenvalue weighted by atomic mass is 10.0. The van der Waals surface area contributed by atoms with Crippen molar-refractivity contribution in [1.82, 2.24) is 20.5 Å². The molecule has 2 aromatic heterocycles. The standard InChI is InChI=1S/C18H17FN4O/c1-2-14(12-6-8-13(19)9-7-12)21-18(24)17-11-16(22-23-17)15-5-3-4-10-20-15/h3-11,14H,2H2,1H3,(H,21,24)(H,22,23)/t14-/m1/s1. The average Bonchev–Trinajstić information content (AvgIpc) is 3.11. The molecule has 2 N–H and O–H groups in total. The Balaban J connectivity index is 1.74. The molecule has 0 radical (unpaired) electrons. The van der Waals surface area contributed by atoms with Gasteiger partial charge in [0.2, 0.25) is 0 Å². The summed E-state index contributed by atoms with van der Waals surface area (Å²) < 4.78 is 13.0. The van der Waals surface area contributed by atoms with Gasteiger partial charge in [-0.2, -0.15) is 5.10 Å². The highest BCUT2D eigenvalue weighted by Gasteiger charge is 2.16. The van der Waals surface area contributed by atoms with Gasteiger partial charge in [0.15, 0.2) is 0 Å². The van der Waals surface area contributed by atoms with E-state index in [9.17, 15) is 9.18 Å². The maximum Gasteiger partial charge on any atom is 0.269 e. The largest absolute Gasteiger partial charge is 0.344 e. The lowest BCUT2D eigenvalue weighted by molar-refractivity contribution is 0.0930. The first-order valence-corrected chi connectivity index (χ1v) is 7.70. The van der Waals surface area contributed by atoms with Gasteiger partial charge in [0.05, 0.1) is 11.7 Å². The van der Waals surface area contributed by atoms with Crippen molar-refractivity contribution in [2.45, 2.75) is 19.4 Å². The molecule has 2 heterocycles. The van der Waals surface area contributed by atoms with Gasteiger partial charge in [0.1, 0.15) is 17.2 Å². The van der Waals surface area contributed by atoms with Crippen molar-refractivity contribution in [2.75, 3.05) is 0 Å². The summed E-state index contributed by atoms with van der Waals surface area (Å²) in [5.74, 6) is -0.561. The maximum absolute atomic E-state index is 13.0. The summed E-state index contributed by atoms with van der Waals surface area (Å²) in [6.45, 7) is 1.96. The summed E-state index contributed by atoms with van der Waals surface area (Å²) in [5.41, 5.74) is 2.52. The first-order valence-electron chi connectivity index (χ1n) is 7.70. The highest BCUT2D eigenvalue weighted by molar-refractivity contribution is 5.93. The fraction of sp³-hybridized carbons (Fsp3) is 0.167. The second kappa shape index (κ2) is 7.04. The third kappa shape index (κ3) is 3.48. The summed E-state index contributed by atoms with van der Waals surface area (Å²) in [5, 5.41) is 9.79. The Labute approximate surface area is 138 Å². The van der Waals surface area contributed by atoms with Gasteiger partial charge >= 0.3 is 0 Å². The van der Waals surface area contributed by atoms with E-state index in [1.807, 2.05) is 25.1 Å². The number of aromatic amines is 1. The first kappa shape index (κ1) is 15.9. The molecule has 1 amide bonds. The Kier molecular flexibility index (Phi) is 4.65. The molecule has 1 aromatic carbocycles. The predicted octanol–water partition coefficient (Wildman–Crippen LogP) is 3.49. The third-order valence-electron chi connectivity index (χ3n) is 3.74. The molecule has 3 aromatic rings. The molecular weight excluding hydrogens is 307 g/mol. The number of rotatable bonds is 5. The van der Waals surface area contributed by atoms with Crippen LogP contribution in [0.3, 0.4) is 0 Å². The zero-order valence-corrected chi connectivity index (χ0v) is 13.2. The van der Waals surface area contributed by atoms with Crippen LogP contribution in [0.15, 0.2) is 54.7 Å². The Hall–Kier alpha value is -3.02. The second-order valence-corrected chi connectivity index (χ2v) is 5.37. The smallest absolute Gasteiger partial charge is 0.269 e. The monoisotopic (exact) mass is 324 g/mol. The second-order valence-electron chi connectivity index (χ2n) is 5.37. The fourth-order valence-corrected chi connectivity index (χ4v) is 2.44. The van der Waals surface area contributed by atoms with Gasteiger partial charge < -0.3 is 5.32 Å². The third-order valence-corrected chi connectivity index (χ3v) is 3.74. The van der Waals surface area contributed by atoms with E-state index in [4.69, 9.17) is 0 Å². The summed E-state index contributed by atoms with van der Waals surface area (Å²) in [7, 11) is 0. The molecule has 122 valence electrons. The van der Waals surface area contributed by atoms with Gasteiger partial charge in [-0.15, -0.1) is 0 Å². The number of hydrogen-bond donors (Lipinski definition) is 2. The summed E-state index contributed by atoms with van der Waals surface area (Å²) in [4.78, 5) is 16.6. The predicted molar refractivity (Wildman–Crippen MR) is 88.7 cm³/mol. The molecule has 0 saturated carbocycles. The number of halogens is 1. The van der Waals surface area contributed by atoms with Crippen molar-refractivity contribution in [3.8, 4) is 11.4 Å². The highest BCUT2D eigenvalue weighted by Crippen LogP contribution is 2.19. The quantitative estimate of drug-likeness (QED) is 0.754. The average molecular weight is 324 g/mol. The summed E-state index contributed by atoms with van der Waals surface area (Å²) in [6.07, 6.45) is 2.37. The minimum atomic E-state index is -0.298. The van der Waals surface area contributed by atoms with Gasteiger partial charge in [-0.3, -0.25) is 14.9 Å². The van der Waals surface area contributed by atoms with Gasteiger partial charge in [-0.25, -0.2) is 4.39 Å². The molecular formula is C18H17FN4O. The van der Waals surface area contributed by atoms with Gasteiger partial charge in [0.25, 0.3) is 5.91 Å². The summed E-state index contributed by atoms with van der Waals surface area (Å²) >= 11 is 0. The topological polar surface area (TPSA) is 70.7 Å². The molecule has 1 atom stereocenters. The van der Waals surface area contributed by atoms with E-state index in [2.05, 4.69) is 20.5 Å². The molecule has 0 aliphatic heterocycles.